The Hall–Kier alpha value is -1.24. The third kappa shape index (κ3) is 2.54. The van der Waals surface area contributed by atoms with E-state index in [2.05, 4.69) is 32.1 Å². The van der Waals surface area contributed by atoms with E-state index in [0.717, 1.165) is 12.2 Å². The van der Waals surface area contributed by atoms with Crippen LogP contribution in [0, 0.1) is 0 Å². The van der Waals surface area contributed by atoms with Crippen LogP contribution in [0.2, 0.25) is 0 Å². The predicted octanol–water partition coefficient (Wildman–Crippen LogP) is 4.39. The topological polar surface area (TPSA) is 9.23 Å². The minimum Gasteiger partial charge on any atom is -0.496 e. The quantitative estimate of drug-likeness (QED) is 0.682. The first-order valence-corrected chi connectivity index (χ1v) is 6.62. The summed E-state index contributed by atoms with van der Waals surface area (Å²) in [6.07, 6.45) is 8.49. The molecule has 1 heteroatoms. The van der Waals surface area contributed by atoms with Crippen LogP contribution in [0.5, 0.6) is 5.75 Å². The Morgan fingerprint density at radius 1 is 1.24 bits per heavy atom. The first-order chi connectivity index (χ1) is 8.26. The van der Waals surface area contributed by atoms with Gasteiger partial charge in [-0.25, -0.2) is 0 Å². The number of aryl methyl sites for hydroxylation is 1. The number of ether oxygens (including phenoxy) is 1. The van der Waals surface area contributed by atoms with Crippen molar-refractivity contribution in [2.45, 2.75) is 46.0 Å². The fourth-order valence-electron chi connectivity index (χ4n) is 2.61. The SMILES string of the molecule is CCCCCc1ccc(OC)c2c1C=C(C)C2. The Bertz CT molecular complexity index is 429. The van der Waals surface area contributed by atoms with Crippen LogP contribution < -0.4 is 4.74 Å². The molecule has 0 spiro atoms. The highest BCUT2D eigenvalue weighted by Gasteiger charge is 2.17. The van der Waals surface area contributed by atoms with Gasteiger partial charge in [-0.3, -0.25) is 0 Å². The van der Waals surface area contributed by atoms with Crippen molar-refractivity contribution in [3.8, 4) is 5.75 Å². The molecule has 1 aromatic carbocycles. The normalized spacial score (nSPS) is 13.5. The summed E-state index contributed by atoms with van der Waals surface area (Å²) >= 11 is 0. The van der Waals surface area contributed by atoms with Crippen LogP contribution in [0.3, 0.4) is 0 Å². The third-order valence-electron chi connectivity index (χ3n) is 3.52. The van der Waals surface area contributed by atoms with Crippen LogP contribution in [0.1, 0.15) is 49.8 Å². The second-order valence-corrected chi connectivity index (χ2v) is 4.94. The van der Waals surface area contributed by atoms with Crippen molar-refractivity contribution >= 4 is 6.08 Å². The van der Waals surface area contributed by atoms with Gasteiger partial charge in [0.2, 0.25) is 0 Å². The monoisotopic (exact) mass is 230 g/mol. The van der Waals surface area contributed by atoms with Crippen LogP contribution >= 0.6 is 0 Å². The van der Waals surface area contributed by atoms with E-state index in [1.165, 1.54) is 47.9 Å². The van der Waals surface area contributed by atoms with Gasteiger partial charge >= 0.3 is 0 Å². The highest BCUT2D eigenvalue weighted by molar-refractivity contribution is 5.69. The van der Waals surface area contributed by atoms with E-state index in [1.54, 1.807) is 7.11 Å². The predicted molar refractivity (Wildman–Crippen MR) is 73.6 cm³/mol. The van der Waals surface area contributed by atoms with Gasteiger partial charge in [0.15, 0.2) is 0 Å². The zero-order valence-corrected chi connectivity index (χ0v) is 11.2. The van der Waals surface area contributed by atoms with Gasteiger partial charge in [0.05, 0.1) is 7.11 Å². The lowest BCUT2D eigenvalue weighted by Crippen LogP contribution is -1.96. The lowest BCUT2D eigenvalue weighted by Gasteiger charge is -2.11. The number of allylic oxidation sites excluding steroid dienone is 1. The van der Waals surface area contributed by atoms with Gasteiger partial charge in [0.25, 0.3) is 0 Å². The molecule has 0 amide bonds. The molecule has 0 aromatic heterocycles. The molecule has 0 saturated carbocycles. The Morgan fingerprint density at radius 2 is 2.06 bits per heavy atom. The van der Waals surface area contributed by atoms with E-state index in [-0.39, 0.29) is 0 Å². The molecule has 0 aliphatic heterocycles. The second kappa shape index (κ2) is 5.39. The number of hydrogen-bond donors (Lipinski definition) is 0. The summed E-state index contributed by atoms with van der Waals surface area (Å²) in [4.78, 5) is 0. The molecule has 17 heavy (non-hydrogen) atoms. The summed E-state index contributed by atoms with van der Waals surface area (Å²) < 4.78 is 5.45. The van der Waals surface area contributed by atoms with Crippen LogP contribution in [-0.4, -0.2) is 7.11 Å². The van der Waals surface area contributed by atoms with E-state index in [0.29, 0.717) is 0 Å². The number of benzene rings is 1. The molecule has 0 saturated heterocycles. The summed E-state index contributed by atoms with van der Waals surface area (Å²) in [5.74, 6) is 1.05. The summed E-state index contributed by atoms with van der Waals surface area (Å²) in [5.41, 5.74) is 5.75. The molecule has 1 aromatic rings. The Labute approximate surface area is 104 Å². The van der Waals surface area contributed by atoms with Crippen molar-refractivity contribution in [3.63, 3.8) is 0 Å². The van der Waals surface area contributed by atoms with E-state index in [9.17, 15) is 0 Å². The highest BCUT2D eigenvalue weighted by atomic mass is 16.5. The zero-order valence-electron chi connectivity index (χ0n) is 11.2. The molecule has 0 bridgehead atoms. The summed E-state index contributed by atoms with van der Waals surface area (Å²) in [7, 11) is 1.76. The van der Waals surface area contributed by atoms with Gasteiger partial charge in [-0.2, -0.15) is 0 Å². The molecule has 0 unspecified atom stereocenters. The van der Waals surface area contributed by atoms with Crippen molar-refractivity contribution in [2.75, 3.05) is 7.11 Å². The van der Waals surface area contributed by atoms with Gasteiger partial charge in [-0.05, 0) is 43.4 Å². The number of unbranched alkanes of at least 4 members (excludes halogenated alkanes) is 2. The summed E-state index contributed by atoms with van der Waals surface area (Å²) in [6.45, 7) is 4.46. The van der Waals surface area contributed by atoms with Crippen molar-refractivity contribution in [3.05, 3.63) is 34.4 Å². The first-order valence-electron chi connectivity index (χ1n) is 6.62. The maximum absolute atomic E-state index is 5.45. The molecular formula is C16H22O. The van der Waals surface area contributed by atoms with Gasteiger partial charge in [-0.15, -0.1) is 0 Å². The van der Waals surface area contributed by atoms with Crippen molar-refractivity contribution in [1.82, 2.24) is 0 Å². The van der Waals surface area contributed by atoms with Gasteiger partial charge < -0.3 is 4.74 Å². The van der Waals surface area contributed by atoms with E-state index < -0.39 is 0 Å². The smallest absolute Gasteiger partial charge is 0.122 e. The molecular weight excluding hydrogens is 208 g/mol. The molecule has 1 nitrogen and oxygen atoms in total. The molecule has 1 aliphatic rings. The molecule has 0 radical (unpaired) electrons. The van der Waals surface area contributed by atoms with Gasteiger partial charge in [0, 0.05) is 5.56 Å². The Balaban J connectivity index is 2.25. The largest absolute Gasteiger partial charge is 0.496 e. The van der Waals surface area contributed by atoms with Crippen molar-refractivity contribution in [2.24, 2.45) is 0 Å². The van der Waals surface area contributed by atoms with Crippen LogP contribution in [0.15, 0.2) is 17.7 Å². The Kier molecular flexibility index (Phi) is 3.88. The second-order valence-electron chi connectivity index (χ2n) is 4.94. The zero-order chi connectivity index (χ0) is 12.3. The highest BCUT2D eigenvalue weighted by Crippen LogP contribution is 2.35. The van der Waals surface area contributed by atoms with Crippen LogP contribution in [-0.2, 0) is 12.8 Å². The van der Waals surface area contributed by atoms with Gasteiger partial charge in [0.1, 0.15) is 5.75 Å². The third-order valence-corrected chi connectivity index (χ3v) is 3.52. The van der Waals surface area contributed by atoms with Crippen LogP contribution in [0.25, 0.3) is 6.08 Å². The lowest BCUT2D eigenvalue weighted by atomic mass is 9.98. The average molecular weight is 230 g/mol. The van der Waals surface area contributed by atoms with Gasteiger partial charge in [-0.1, -0.05) is 37.5 Å². The molecule has 92 valence electrons. The molecule has 0 heterocycles. The molecule has 0 N–H and O–H groups in total. The lowest BCUT2D eigenvalue weighted by molar-refractivity contribution is 0.410. The van der Waals surface area contributed by atoms with Crippen molar-refractivity contribution < 1.29 is 4.74 Å². The van der Waals surface area contributed by atoms with Crippen LogP contribution in [0.4, 0.5) is 0 Å². The molecule has 2 rings (SSSR count). The van der Waals surface area contributed by atoms with Crippen molar-refractivity contribution in [1.29, 1.82) is 0 Å². The fourth-order valence-corrected chi connectivity index (χ4v) is 2.61. The maximum atomic E-state index is 5.45. The van der Waals surface area contributed by atoms with E-state index in [1.807, 2.05) is 0 Å². The number of fused-ring (bicyclic) bond motifs is 1. The Morgan fingerprint density at radius 3 is 2.76 bits per heavy atom. The fraction of sp³-hybridized carbons (Fsp3) is 0.500. The molecule has 0 fully saturated rings. The summed E-state index contributed by atoms with van der Waals surface area (Å²) in [6, 6.07) is 4.37. The molecule has 1 aliphatic carbocycles. The maximum Gasteiger partial charge on any atom is 0.122 e. The molecule has 0 atom stereocenters. The minimum absolute atomic E-state index is 1.05. The number of rotatable bonds is 5. The van der Waals surface area contributed by atoms with E-state index in [4.69, 9.17) is 4.74 Å². The minimum atomic E-state index is 1.05. The number of hydrogen-bond acceptors (Lipinski definition) is 1. The standard InChI is InChI=1S/C16H22O/c1-4-5-6-7-13-8-9-16(17-3)15-11-12(2)10-14(13)15/h8-10H,4-7,11H2,1-3H3. The number of methoxy groups -OCH3 is 1. The average Bonchev–Trinajstić information content (AvgIpc) is 2.71. The van der Waals surface area contributed by atoms with E-state index >= 15 is 0 Å². The summed E-state index contributed by atoms with van der Waals surface area (Å²) in [5, 5.41) is 0. The first kappa shape index (κ1) is 12.2.